The van der Waals surface area contributed by atoms with E-state index in [0.29, 0.717) is 28.3 Å². The summed E-state index contributed by atoms with van der Waals surface area (Å²) >= 11 is 5.86. The molecule has 3 rings (SSSR count). The minimum Gasteiger partial charge on any atom is -0.383 e. The van der Waals surface area contributed by atoms with Crippen LogP contribution in [0.3, 0.4) is 0 Å². The van der Waals surface area contributed by atoms with Gasteiger partial charge in [0.05, 0.1) is 10.6 Å². The van der Waals surface area contributed by atoms with Crippen LogP contribution in [0.15, 0.2) is 30.5 Å². The monoisotopic (exact) mass is 305 g/mol. The largest absolute Gasteiger partial charge is 0.383 e. The lowest BCUT2D eigenvalue weighted by molar-refractivity contribution is 0.632. The Bertz CT molecular complexity index is 821. The Labute approximate surface area is 125 Å². The number of hydrogen-bond donors (Lipinski definition) is 1. The first kappa shape index (κ1) is 13.6. The van der Waals surface area contributed by atoms with E-state index in [9.17, 15) is 4.39 Å². The number of nitrogens with zero attached hydrogens (tertiary/aromatic N) is 4. The summed E-state index contributed by atoms with van der Waals surface area (Å²) < 4.78 is 17.5. The number of aromatic nitrogens is 4. The molecule has 0 radical (unpaired) electrons. The lowest BCUT2D eigenvalue weighted by atomic mass is 10.0. The number of benzene rings is 1. The van der Waals surface area contributed by atoms with Crippen molar-refractivity contribution in [2.24, 2.45) is 14.1 Å². The summed E-state index contributed by atoms with van der Waals surface area (Å²) in [5, 5.41) is 8.69. The summed E-state index contributed by atoms with van der Waals surface area (Å²) in [5.74, 6) is -0.159. The second-order valence-corrected chi connectivity index (χ2v) is 5.12. The molecule has 0 unspecified atom stereocenters. The molecule has 0 spiro atoms. The van der Waals surface area contributed by atoms with Gasteiger partial charge in [0.1, 0.15) is 23.0 Å². The third-order valence-electron chi connectivity index (χ3n) is 3.27. The van der Waals surface area contributed by atoms with Crippen LogP contribution in [0.25, 0.3) is 22.5 Å². The maximum Gasteiger partial charge on any atom is 0.149 e. The van der Waals surface area contributed by atoms with Crippen molar-refractivity contribution in [3.63, 3.8) is 0 Å². The number of nitrogen functional groups attached to an aromatic ring is 1. The Morgan fingerprint density at radius 1 is 1.19 bits per heavy atom. The molecular formula is C14H13ClFN5. The number of rotatable bonds is 2. The Morgan fingerprint density at radius 3 is 2.62 bits per heavy atom. The Kier molecular flexibility index (Phi) is 3.17. The molecule has 5 nitrogen and oxygen atoms in total. The molecule has 2 aromatic heterocycles. The molecule has 0 fully saturated rings. The van der Waals surface area contributed by atoms with Crippen LogP contribution in [-0.4, -0.2) is 19.6 Å². The average molecular weight is 306 g/mol. The molecule has 0 aliphatic carbocycles. The van der Waals surface area contributed by atoms with Crippen molar-refractivity contribution < 1.29 is 4.39 Å². The number of nitrogens with two attached hydrogens (primary N) is 1. The maximum atomic E-state index is 14.3. The van der Waals surface area contributed by atoms with Crippen molar-refractivity contribution in [3.05, 3.63) is 41.3 Å². The molecule has 21 heavy (non-hydrogen) atoms. The van der Waals surface area contributed by atoms with Crippen LogP contribution in [0.2, 0.25) is 5.02 Å². The molecule has 3 aromatic rings. The van der Waals surface area contributed by atoms with Gasteiger partial charge in [-0.3, -0.25) is 9.36 Å². The van der Waals surface area contributed by atoms with Crippen LogP contribution in [0, 0.1) is 5.82 Å². The van der Waals surface area contributed by atoms with Crippen molar-refractivity contribution in [3.8, 4) is 22.5 Å². The molecule has 1 aromatic carbocycles. The molecular weight excluding hydrogens is 293 g/mol. The van der Waals surface area contributed by atoms with Crippen molar-refractivity contribution in [2.45, 2.75) is 0 Å². The van der Waals surface area contributed by atoms with E-state index in [1.54, 1.807) is 43.2 Å². The highest BCUT2D eigenvalue weighted by Crippen LogP contribution is 2.38. The third-order valence-corrected chi connectivity index (χ3v) is 3.56. The van der Waals surface area contributed by atoms with Crippen LogP contribution in [0.4, 0.5) is 10.2 Å². The van der Waals surface area contributed by atoms with E-state index >= 15 is 0 Å². The molecule has 0 atom stereocenters. The predicted molar refractivity (Wildman–Crippen MR) is 80.2 cm³/mol. The van der Waals surface area contributed by atoms with Crippen molar-refractivity contribution in [1.82, 2.24) is 19.6 Å². The quantitative estimate of drug-likeness (QED) is 0.792. The molecule has 108 valence electrons. The predicted octanol–water partition coefficient (Wildman–Crippen LogP) is 2.86. The molecule has 2 heterocycles. The molecule has 0 bridgehead atoms. The minimum absolute atomic E-state index is 0.0442. The van der Waals surface area contributed by atoms with E-state index in [4.69, 9.17) is 17.3 Å². The summed E-state index contributed by atoms with van der Waals surface area (Å²) in [5.41, 5.74) is 8.01. The van der Waals surface area contributed by atoms with E-state index in [2.05, 4.69) is 10.2 Å². The first-order valence-electron chi connectivity index (χ1n) is 6.26. The molecule has 0 amide bonds. The molecule has 0 aliphatic heterocycles. The summed E-state index contributed by atoms with van der Waals surface area (Å²) in [6, 6.07) is 6.59. The van der Waals surface area contributed by atoms with Gasteiger partial charge in [0.25, 0.3) is 0 Å². The van der Waals surface area contributed by atoms with Crippen molar-refractivity contribution in [2.75, 3.05) is 5.73 Å². The van der Waals surface area contributed by atoms with Crippen molar-refractivity contribution >= 4 is 17.4 Å². The number of aryl methyl sites for hydroxylation is 2. The summed E-state index contributed by atoms with van der Waals surface area (Å²) in [4.78, 5) is 0. The van der Waals surface area contributed by atoms with Crippen molar-refractivity contribution in [1.29, 1.82) is 0 Å². The SMILES string of the molecule is Cn1ccc(-c2nn(C)c(N)c2-c2cccc(Cl)c2F)n1. The molecule has 2 N–H and O–H groups in total. The Morgan fingerprint density at radius 2 is 1.95 bits per heavy atom. The highest BCUT2D eigenvalue weighted by atomic mass is 35.5. The molecule has 7 heteroatoms. The molecule has 0 aliphatic rings. The fourth-order valence-corrected chi connectivity index (χ4v) is 2.39. The summed E-state index contributed by atoms with van der Waals surface area (Å²) in [6.45, 7) is 0. The third kappa shape index (κ3) is 2.17. The summed E-state index contributed by atoms with van der Waals surface area (Å²) in [7, 11) is 3.50. The second-order valence-electron chi connectivity index (χ2n) is 4.71. The number of anilines is 1. The molecule has 0 saturated heterocycles. The van der Waals surface area contributed by atoms with Crippen LogP contribution >= 0.6 is 11.6 Å². The van der Waals surface area contributed by atoms with E-state index in [1.165, 1.54) is 10.7 Å². The zero-order valence-electron chi connectivity index (χ0n) is 11.5. The van der Waals surface area contributed by atoms with Gasteiger partial charge in [-0.25, -0.2) is 4.39 Å². The number of halogens is 2. The van der Waals surface area contributed by atoms with Gasteiger partial charge >= 0.3 is 0 Å². The minimum atomic E-state index is -0.518. The maximum absolute atomic E-state index is 14.3. The first-order chi connectivity index (χ1) is 9.99. The Balaban J connectivity index is 2.29. The van der Waals surface area contributed by atoms with Gasteiger partial charge in [0, 0.05) is 25.9 Å². The van der Waals surface area contributed by atoms with Gasteiger partial charge in [0.2, 0.25) is 0 Å². The fourth-order valence-electron chi connectivity index (χ4n) is 2.22. The zero-order chi connectivity index (χ0) is 15.1. The smallest absolute Gasteiger partial charge is 0.149 e. The lowest BCUT2D eigenvalue weighted by Crippen LogP contribution is -1.98. The van der Waals surface area contributed by atoms with Gasteiger partial charge in [-0.2, -0.15) is 10.2 Å². The topological polar surface area (TPSA) is 61.7 Å². The standard InChI is InChI=1S/C14H13ClFN5/c1-20-7-6-10(18-20)13-11(14(17)21(2)19-13)8-4-3-5-9(15)12(8)16/h3-7H,17H2,1-2H3. The van der Waals surface area contributed by atoms with Gasteiger partial charge in [-0.1, -0.05) is 23.7 Å². The average Bonchev–Trinajstić information content (AvgIpc) is 2.99. The number of hydrogen-bond acceptors (Lipinski definition) is 3. The lowest BCUT2D eigenvalue weighted by Gasteiger charge is -2.05. The van der Waals surface area contributed by atoms with E-state index in [-0.39, 0.29) is 5.02 Å². The van der Waals surface area contributed by atoms with Crippen LogP contribution in [-0.2, 0) is 14.1 Å². The first-order valence-corrected chi connectivity index (χ1v) is 6.63. The fraction of sp³-hybridized carbons (Fsp3) is 0.143. The van der Waals surface area contributed by atoms with Crippen LogP contribution in [0.1, 0.15) is 0 Å². The van der Waals surface area contributed by atoms with E-state index in [1.807, 2.05) is 0 Å². The van der Waals surface area contributed by atoms with Crippen LogP contribution in [0.5, 0.6) is 0 Å². The summed E-state index contributed by atoms with van der Waals surface area (Å²) in [6.07, 6.45) is 1.79. The Hall–Kier alpha value is -2.34. The van der Waals surface area contributed by atoms with E-state index < -0.39 is 5.82 Å². The van der Waals surface area contributed by atoms with E-state index in [0.717, 1.165) is 0 Å². The highest BCUT2D eigenvalue weighted by Gasteiger charge is 2.22. The second kappa shape index (κ2) is 4.89. The van der Waals surface area contributed by atoms with Gasteiger partial charge in [-0.05, 0) is 12.1 Å². The normalized spacial score (nSPS) is 11.0. The highest BCUT2D eigenvalue weighted by molar-refractivity contribution is 6.31. The van der Waals surface area contributed by atoms with Gasteiger partial charge in [-0.15, -0.1) is 0 Å². The van der Waals surface area contributed by atoms with Gasteiger partial charge in [0.15, 0.2) is 0 Å². The van der Waals surface area contributed by atoms with Crippen LogP contribution < -0.4 is 5.73 Å². The van der Waals surface area contributed by atoms with Gasteiger partial charge < -0.3 is 5.73 Å². The molecule has 0 saturated carbocycles. The zero-order valence-corrected chi connectivity index (χ0v) is 12.3.